The lowest BCUT2D eigenvalue weighted by Gasteiger charge is -2.36. The van der Waals surface area contributed by atoms with Crippen LogP contribution in [-0.2, 0) is 9.59 Å². The number of carbonyl (C=O) groups is 2. The van der Waals surface area contributed by atoms with E-state index in [0.717, 1.165) is 18.9 Å². The van der Waals surface area contributed by atoms with Crippen LogP contribution in [0.5, 0.6) is 0 Å². The summed E-state index contributed by atoms with van der Waals surface area (Å²) in [6.45, 7) is 5.30. The third-order valence-corrected chi connectivity index (χ3v) is 6.21. The highest BCUT2D eigenvalue weighted by Crippen LogP contribution is 2.20. The fraction of sp³-hybridized carbons (Fsp3) is 0.458. The van der Waals surface area contributed by atoms with E-state index in [9.17, 15) is 14.0 Å². The minimum atomic E-state index is -0.230. The van der Waals surface area contributed by atoms with Gasteiger partial charge < -0.3 is 19.6 Å². The molecule has 4 rings (SSSR count). The van der Waals surface area contributed by atoms with E-state index in [1.807, 2.05) is 39.0 Å². The highest BCUT2D eigenvalue weighted by atomic mass is 19.1. The van der Waals surface area contributed by atoms with Crippen LogP contribution >= 0.6 is 0 Å². The minimum absolute atomic E-state index is 0.0750. The van der Waals surface area contributed by atoms with E-state index in [1.165, 1.54) is 6.07 Å². The fourth-order valence-electron chi connectivity index (χ4n) is 4.34. The molecule has 2 saturated heterocycles. The standard InChI is InChI=1S/C24H30FN5O2/c25-20-6-1-2-7-21(20)27-12-16-29(17-13-27)23(31)9-5-10-24(32)30-18-14-28(15-19-30)22-8-3-4-11-26-22/h1-4,6-8,11H,5,9-10,12-19H2. The van der Waals surface area contributed by atoms with Crippen molar-refractivity contribution in [3.8, 4) is 0 Å². The first-order chi connectivity index (χ1) is 15.6. The molecule has 2 fully saturated rings. The molecule has 2 aliphatic heterocycles. The molecule has 0 aliphatic carbocycles. The molecule has 2 amide bonds. The van der Waals surface area contributed by atoms with Gasteiger partial charge in [-0.3, -0.25) is 9.59 Å². The Morgan fingerprint density at radius 1 is 0.750 bits per heavy atom. The van der Waals surface area contributed by atoms with E-state index < -0.39 is 0 Å². The Bertz CT molecular complexity index is 910. The summed E-state index contributed by atoms with van der Waals surface area (Å²) >= 11 is 0. The van der Waals surface area contributed by atoms with Gasteiger partial charge in [-0.25, -0.2) is 9.37 Å². The number of carbonyl (C=O) groups excluding carboxylic acids is 2. The first kappa shape index (κ1) is 22.0. The monoisotopic (exact) mass is 439 g/mol. The third kappa shape index (κ3) is 5.36. The van der Waals surface area contributed by atoms with Crippen LogP contribution in [0, 0.1) is 5.82 Å². The highest BCUT2D eigenvalue weighted by molar-refractivity contribution is 5.79. The fourth-order valence-corrected chi connectivity index (χ4v) is 4.34. The Morgan fingerprint density at radius 2 is 1.31 bits per heavy atom. The summed E-state index contributed by atoms with van der Waals surface area (Å²) in [6, 6.07) is 12.6. The number of aromatic nitrogens is 1. The molecule has 1 aromatic heterocycles. The molecule has 0 saturated carbocycles. The van der Waals surface area contributed by atoms with Crippen LogP contribution in [0.4, 0.5) is 15.9 Å². The third-order valence-electron chi connectivity index (χ3n) is 6.21. The zero-order chi connectivity index (χ0) is 22.3. The first-order valence-corrected chi connectivity index (χ1v) is 11.3. The van der Waals surface area contributed by atoms with Crippen LogP contribution in [0.25, 0.3) is 0 Å². The molecule has 3 heterocycles. The number of anilines is 2. The summed E-state index contributed by atoms with van der Waals surface area (Å²) in [5, 5.41) is 0. The lowest BCUT2D eigenvalue weighted by Crippen LogP contribution is -2.49. The SMILES string of the molecule is O=C(CCCC(=O)N1CCN(c2ccccc2F)CC1)N1CCN(c2ccccn2)CC1. The molecule has 0 unspecified atom stereocenters. The Morgan fingerprint density at radius 3 is 1.88 bits per heavy atom. The summed E-state index contributed by atoms with van der Waals surface area (Å²) in [5.41, 5.74) is 0.591. The van der Waals surface area contributed by atoms with Crippen LogP contribution in [0.1, 0.15) is 19.3 Å². The van der Waals surface area contributed by atoms with Gasteiger partial charge in [0.2, 0.25) is 11.8 Å². The Hall–Kier alpha value is -3.16. The Labute approximate surface area is 188 Å². The Kier molecular flexibility index (Phi) is 7.19. The van der Waals surface area contributed by atoms with E-state index in [4.69, 9.17) is 0 Å². The zero-order valence-electron chi connectivity index (χ0n) is 18.3. The van der Waals surface area contributed by atoms with E-state index in [2.05, 4.69) is 9.88 Å². The lowest BCUT2D eigenvalue weighted by atomic mass is 10.1. The van der Waals surface area contributed by atoms with Crippen molar-refractivity contribution >= 4 is 23.3 Å². The van der Waals surface area contributed by atoms with Gasteiger partial charge in [0.25, 0.3) is 0 Å². The van der Waals surface area contributed by atoms with Gasteiger partial charge in [-0.15, -0.1) is 0 Å². The average Bonchev–Trinajstić information content (AvgIpc) is 2.85. The molecule has 7 nitrogen and oxygen atoms in total. The van der Waals surface area contributed by atoms with Gasteiger partial charge in [-0.1, -0.05) is 18.2 Å². The summed E-state index contributed by atoms with van der Waals surface area (Å²) in [7, 11) is 0. The summed E-state index contributed by atoms with van der Waals surface area (Å²) in [5.74, 6) is 0.903. The maximum Gasteiger partial charge on any atom is 0.222 e. The van der Waals surface area contributed by atoms with Gasteiger partial charge in [-0.05, 0) is 30.7 Å². The van der Waals surface area contributed by atoms with Crippen molar-refractivity contribution in [1.29, 1.82) is 0 Å². The maximum absolute atomic E-state index is 14.0. The predicted octanol–water partition coefficient (Wildman–Crippen LogP) is 2.39. The smallest absolute Gasteiger partial charge is 0.222 e. The number of halogens is 1. The number of amides is 2. The van der Waals surface area contributed by atoms with Crippen LogP contribution in [0.3, 0.4) is 0 Å². The molecular weight excluding hydrogens is 409 g/mol. The molecule has 170 valence electrons. The lowest BCUT2D eigenvalue weighted by molar-refractivity contribution is -0.133. The van der Waals surface area contributed by atoms with Crippen molar-refractivity contribution in [2.45, 2.75) is 19.3 Å². The highest BCUT2D eigenvalue weighted by Gasteiger charge is 2.24. The van der Waals surface area contributed by atoms with Gasteiger partial charge in [0, 0.05) is 71.4 Å². The number of piperazine rings is 2. The maximum atomic E-state index is 14.0. The molecule has 2 aromatic rings. The van der Waals surface area contributed by atoms with Crippen molar-refractivity contribution in [1.82, 2.24) is 14.8 Å². The second-order valence-corrected chi connectivity index (χ2v) is 8.23. The van der Waals surface area contributed by atoms with E-state index in [-0.39, 0.29) is 17.6 Å². The summed E-state index contributed by atoms with van der Waals surface area (Å²) < 4.78 is 14.0. The molecule has 2 aliphatic rings. The quantitative estimate of drug-likeness (QED) is 0.692. The van der Waals surface area contributed by atoms with E-state index in [0.29, 0.717) is 64.2 Å². The van der Waals surface area contributed by atoms with Gasteiger partial charge in [0.15, 0.2) is 0 Å². The number of nitrogens with zero attached hydrogens (tertiary/aromatic N) is 5. The van der Waals surface area contributed by atoms with Crippen molar-refractivity contribution in [2.24, 2.45) is 0 Å². The number of hydrogen-bond donors (Lipinski definition) is 0. The number of para-hydroxylation sites is 1. The van der Waals surface area contributed by atoms with Crippen LogP contribution in [-0.4, -0.2) is 79.0 Å². The molecule has 1 aromatic carbocycles. The van der Waals surface area contributed by atoms with Crippen LogP contribution < -0.4 is 9.80 Å². The molecule has 8 heteroatoms. The largest absolute Gasteiger partial charge is 0.366 e. The van der Waals surface area contributed by atoms with Gasteiger partial charge in [-0.2, -0.15) is 0 Å². The Balaban J connectivity index is 1.15. The number of pyridine rings is 1. The van der Waals surface area contributed by atoms with E-state index >= 15 is 0 Å². The molecule has 0 bridgehead atoms. The molecular formula is C24H30FN5O2. The summed E-state index contributed by atoms with van der Waals surface area (Å²) in [6.07, 6.45) is 3.11. The van der Waals surface area contributed by atoms with E-state index in [1.54, 1.807) is 18.3 Å². The zero-order valence-corrected chi connectivity index (χ0v) is 18.3. The number of hydrogen-bond acceptors (Lipinski definition) is 5. The van der Waals surface area contributed by atoms with Crippen LogP contribution in [0.2, 0.25) is 0 Å². The topological polar surface area (TPSA) is 60.0 Å². The van der Waals surface area contributed by atoms with Gasteiger partial charge >= 0.3 is 0 Å². The summed E-state index contributed by atoms with van der Waals surface area (Å²) in [4.78, 5) is 37.4. The first-order valence-electron chi connectivity index (χ1n) is 11.3. The second kappa shape index (κ2) is 10.4. The van der Waals surface area contributed by atoms with Crippen molar-refractivity contribution in [3.05, 3.63) is 54.5 Å². The average molecular weight is 440 g/mol. The molecule has 0 atom stereocenters. The second-order valence-electron chi connectivity index (χ2n) is 8.23. The van der Waals surface area contributed by atoms with Crippen LogP contribution in [0.15, 0.2) is 48.7 Å². The van der Waals surface area contributed by atoms with Gasteiger partial charge in [0.1, 0.15) is 11.6 Å². The van der Waals surface area contributed by atoms with Gasteiger partial charge in [0.05, 0.1) is 5.69 Å². The minimum Gasteiger partial charge on any atom is -0.366 e. The number of benzene rings is 1. The van der Waals surface area contributed by atoms with Crippen molar-refractivity contribution < 1.29 is 14.0 Å². The normalized spacial score (nSPS) is 16.9. The van der Waals surface area contributed by atoms with Crippen molar-refractivity contribution in [3.63, 3.8) is 0 Å². The molecule has 32 heavy (non-hydrogen) atoms. The number of rotatable bonds is 6. The predicted molar refractivity (Wildman–Crippen MR) is 122 cm³/mol. The molecule has 0 spiro atoms. The molecule has 0 N–H and O–H groups in total. The molecule has 0 radical (unpaired) electrons. The van der Waals surface area contributed by atoms with Crippen molar-refractivity contribution in [2.75, 3.05) is 62.2 Å².